The number of ether oxygens (including phenoxy) is 1. The highest BCUT2D eigenvalue weighted by Gasteiger charge is 2.08. The number of nitrogens with one attached hydrogen (secondary N) is 1. The van der Waals surface area contributed by atoms with Gasteiger partial charge in [0.15, 0.2) is 6.61 Å². The van der Waals surface area contributed by atoms with E-state index in [1.165, 1.54) is 0 Å². The van der Waals surface area contributed by atoms with E-state index >= 15 is 0 Å². The normalized spacial score (nSPS) is 11.5. The summed E-state index contributed by atoms with van der Waals surface area (Å²) >= 11 is 3.43. The molecule has 0 aliphatic heterocycles. The van der Waals surface area contributed by atoms with Crippen molar-refractivity contribution >= 4 is 21.8 Å². The Labute approximate surface area is 133 Å². The zero-order chi connectivity index (χ0) is 15.7. The summed E-state index contributed by atoms with van der Waals surface area (Å²) in [5, 5.41) is 11.0. The topological polar surface area (TPSA) is 88.1 Å². The van der Waals surface area contributed by atoms with E-state index in [-0.39, 0.29) is 18.6 Å². The van der Waals surface area contributed by atoms with Crippen molar-refractivity contribution in [2.75, 3.05) is 13.2 Å². The third-order valence-corrected chi connectivity index (χ3v) is 3.56. The Morgan fingerprint density at radius 3 is 2.95 bits per heavy atom. The van der Waals surface area contributed by atoms with Crippen LogP contribution in [0.3, 0.4) is 0 Å². The summed E-state index contributed by atoms with van der Waals surface area (Å²) in [6.45, 7) is 2.33. The molecule has 6 heteroatoms. The van der Waals surface area contributed by atoms with Gasteiger partial charge >= 0.3 is 0 Å². The van der Waals surface area contributed by atoms with Crippen LogP contribution < -0.4 is 15.8 Å². The lowest BCUT2D eigenvalue weighted by molar-refractivity contribution is -0.123. The number of benzene rings is 1. The van der Waals surface area contributed by atoms with Gasteiger partial charge in [0.25, 0.3) is 5.91 Å². The standard InChI is InChI=1S/C15H20BrN3O2/c1-2-12(18)8-11-4-5-14(13(16)9-11)21-10-15(20)19-7-3-6-17/h4-5,9,12H,2-3,7-8,10,18H2,1H3,(H,19,20). The van der Waals surface area contributed by atoms with Crippen molar-refractivity contribution in [3.63, 3.8) is 0 Å². The zero-order valence-electron chi connectivity index (χ0n) is 12.1. The molecule has 114 valence electrons. The molecule has 0 spiro atoms. The molecule has 0 fully saturated rings. The molecule has 3 N–H and O–H groups in total. The summed E-state index contributed by atoms with van der Waals surface area (Å²) in [5.41, 5.74) is 7.05. The van der Waals surface area contributed by atoms with Crippen molar-refractivity contribution in [1.82, 2.24) is 5.32 Å². The molecule has 0 aromatic heterocycles. The van der Waals surface area contributed by atoms with Gasteiger partial charge in [0.05, 0.1) is 17.0 Å². The van der Waals surface area contributed by atoms with Crippen molar-refractivity contribution in [2.45, 2.75) is 32.2 Å². The van der Waals surface area contributed by atoms with Crippen LogP contribution in [0.25, 0.3) is 0 Å². The maximum atomic E-state index is 11.5. The molecular formula is C15H20BrN3O2. The average Bonchev–Trinajstić information content (AvgIpc) is 2.46. The van der Waals surface area contributed by atoms with Crippen molar-refractivity contribution in [1.29, 1.82) is 5.26 Å². The first kappa shape index (κ1) is 17.5. The first-order valence-electron chi connectivity index (χ1n) is 6.87. The lowest BCUT2D eigenvalue weighted by Crippen LogP contribution is -2.29. The van der Waals surface area contributed by atoms with Gasteiger partial charge in [0.1, 0.15) is 5.75 Å². The Hall–Kier alpha value is -1.58. The van der Waals surface area contributed by atoms with Crippen LogP contribution in [-0.4, -0.2) is 25.1 Å². The monoisotopic (exact) mass is 353 g/mol. The predicted octanol–water partition coefficient (Wildman–Crippen LogP) is 2.14. The Morgan fingerprint density at radius 1 is 1.57 bits per heavy atom. The van der Waals surface area contributed by atoms with E-state index in [1.54, 1.807) is 0 Å². The molecule has 0 saturated heterocycles. The van der Waals surface area contributed by atoms with Crippen molar-refractivity contribution in [3.8, 4) is 11.8 Å². The molecule has 1 rings (SSSR count). The van der Waals surface area contributed by atoms with Crippen LogP contribution in [0.2, 0.25) is 0 Å². The molecule has 0 radical (unpaired) electrons. The molecule has 21 heavy (non-hydrogen) atoms. The van der Waals surface area contributed by atoms with Gasteiger partial charge < -0.3 is 15.8 Å². The van der Waals surface area contributed by atoms with Crippen LogP contribution in [0.4, 0.5) is 0 Å². The minimum Gasteiger partial charge on any atom is -0.483 e. The predicted molar refractivity (Wildman–Crippen MR) is 84.8 cm³/mol. The number of halogens is 1. The van der Waals surface area contributed by atoms with E-state index in [1.807, 2.05) is 24.3 Å². The van der Waals surface area contributed by atoms with E-state index in [9.17, 15) is 4.79 Å². The lowest BCUT2D eigenvalue weighted by Gasteiger charge is -2.12. The summed E-state index contributed by atoms with van der Waals surface area (Å²) in [6, 6.07) is 7.84. The number of nitriles is 1. The first-order valence-corrected chi connectivity index (χ1v) is 7.66. The van der Waals surface area contributed by atoms with Crippen LogP contribution in [0.15, 0.2) is 22.7 Å². The van der Waals surface area contributed by atoms with E-state index in [4.69, 9.17) is 15.7 Å². The van der Waals surface area contributed by atoms with Gasteiger partial charge in [-0.15, -0.1) is 0 Å². The number of nitrogens with two attached hydrogens (primary N) is 1. The molecule has 0 heterocycles. The first-order chi connectivity index (χ1) is 10.1. The smallest absolute Gasteiger partial charge is 0.257 e. The molecule has 0 saturated carbocycles. The number of amides is 1. The molecule has 1 amide bonds. The second-order valence-corrected chi connectivity index (χ2v) is 5.54. The number of carbonyl (C=O) groups is 1. The fraction of sp³-hybridized carbons (Fsp3) is 0.467. The van der Waals surface area contributed by atoms with Gasteiger partial charge in [0.2, 0.25) is 0 Å². The molecule has 1 aromatic carbocycles. The average molecular weight is 354 g/mol. The van der Waals surface area contributed by atoms with Crippen LogP contribution >= 0.6 is 15.9 Å². The van der Waals surface area contributed by atoms with Gasteiger partial charge in [-0.1, -0.05) is 13.0 Å². The summed E-state index contributed by atoms with van der Waals surface area (Å²) in [6.07, 6.45) is 2.03. The van der Waals surface area contributed by atoms with Gasteiger partial charge in [-0.3, -0.25) is 4.79 Å². The third-order valence-electron chi connectivity index (χ3n) is 2.94. The molecule has 1 unspecified atom stereocenters. The van der Waals surface area contributed by atoms with Gasteiger partial charge in [-0.05, 0) is 46.5 Å². The Balaban J connectivity index is 2.49. The molecule has 1 atom stereocenters. The quantitative estimate of drug-likeness (QED) is 0.700. The maximum Gasteiger partial charge on any atom is 0.257 e. The van der Waals surface area contributed by atoms with E-state index < -0.39 is 0 Å². The molecule has 0 bridgehead atoms. The SMILES string of the molecule is CCC(N)Cc1ccc(OCC(=O)NCCC#N)c(Br)c1. The highest BCUT2D eigenvalue weighted by atomic mass is 79.9. The number of nitrogens with zero attached hydrogens (tertiary/aromatic N) is 1. The minimum atomic E-state index is -0.241. The molecule has 1 aromatic rings. The van der Waals surface area contributed by atoms with Crippen molar-refractivity contribution in [3.05, 3.63) is 28.2 Å². The minimum absolute atomic E-state index is 0.0716. The molecular weight excluding hydrogens is 334 g/mol. The highest BCUT2D eigenvalue weighted by Crippen LogP contribution is 2.26. The summed E-state index contributed by atoms with van der Waals surface area (Å²) in [4.78, 5) is 11.5. The largest absolute Gasteiger partial charge is 0.483 e. The molecule has 5 nitrogen and oxygen atoms in total. The highest BCUT2D eigenvalue weighted by molar-refractivity contribution is 9.10. The van der Waals surface area contributed by atoms with Gasteiger partial charge in [-0.2, -0.15) is 5.26 Å². The second-order valence-electron chi connectivity index (χ2n) is 4.68. The van der Waals surface area contributed by atoms with Crippen molar-refractivity contribution in [2.24, 2.45) is 5.73 Å². The summed E-state index contributed by atoms with van der Waals surface area (Å²) in [5.74, 6) is 0.369. The Morgan fingerprint density at radius 2 is 2.33 bits per heavy atom. The third kappa shape index (κ3) is 6.61. The lowest BCUT2D eigenvalue weighted by atomic mass is 10.0. The van der Waals surface area contributed by atoms with Gasteiger partial charge in [-0.25, -0.2) is 0 Å². The van der Waals surface area contributed by atoms with E-state index in [0.29, 0.717) is 18.7 Å². The van der Waals surface area contributed by atoms with Crippen LogP contribution in [0, 0.1) is 11.3 Å². The Bertz CT molecular complexity index is 514. The van der Waals surface area contributed by atoms with Crippen LogP contribution in [-0.2, 0) is 11.2 Å². The number of rotatable bonds is 8. The van der Waals surface area contributed by atoms with E-state index in [0.717, 1.165) is 22.9 Å². The number of hydrogen-bond donors (Lipinski definition) is 2. The van der Waals surface area contributed by atoms with Gasteiger partial charge in [0, 0.05) is 12.6 Å². The molecule has 0 aliphatic carbocycles. The Kier molecular flexibility index (Phi) is 7.80. The zero-order valence-corrected chi connectivity index (χ0v) is 13.6. The second kappa shape index (κ2) is 9.37. The van der Waals surface area contributed by atoms with Crippen molar-refractivity contribution < 1.29 is 9.53 Å². The van der Waals surface area contributed by atoms with E-state index in [2.05, 4.69) is 28.2 Å². The fourth-order valence-corrected chi connectivity index (χ4v) is 2.23. The van der Waals surface area contributed by atoms with Crippen LogP contribution in [0.5, 0.6) is 5.75 Å². The number of carbonyl (C=O) groups excluding carboxylic acids is 1. The fourth-order valence-electron chi connectivity index (χ4n) is 1.69. The summed E-state index contributed by atoms with van der Waals surface area (Å²) < 4.78 is 6.24. The maximum absolute atomic E-state index is 11.5. The summed E-state index contributed by atoms with van der Waals surface area (Å²) in [7, 11) is 0. The molecule has 0 aliphatic rings. The van der Waals surface area contributed by atoms with Crippen LogP contribution in [0.1, 0.15) is 25.3 Å². The number of hydrogen-bond acceptors (Lipinski definition) is 4.